The number of nitrogens with two attached hydrogens (primary N) is 1. The van der Waals surface area contributed by atoms with Crippen LogP contribution < -0.4 is 10.5 Å². The van der Waals surface area contributed by atoms with Gasteiger partial charge in [-0.05, 0) is 37.5 Å². The van der Waals surface area contributed by atoms with Gasteiger partial charge in [-0.15, -0.1) is 0 Å². The summed E-state index contributed by atoms with van der Waals surface area (Å²) in [5.74, 6) is 0.965. The first-order chi connectivity index (χ1) is 6.25. The maximum absolute atomic E-state index is 5.74. The van der Waals surface area contributed by atoms with Gasteiger partial charge in [0.25, 0.3) is 0 Å². The van der Waals surface area contributed by atoms with Crippen molar-refractivity contribution in [1.29, 1.82) is 0 Å². The molecule has 1 atom stereocenters. The number of ether oxygens (including phenoxy) is 1. The average Bonchev–Trinajstić information content (AvgIpc) is 2.89. The van der Waals surface area contributed by atoms with E-state index in [1.54, 1.807) is 0 Å². The Bertz CT molecular complexity index is 275. The normalized spacial score (nSPS) is 18.3. The lowest BCUT2D eigenvalue weighted by atomic mass is 10.1. The largest absolute Gasteiger partial charge is 0.490 e. The molecule has 1 fully saturated rings. The third-order valence-electron chi connectivity index (χ3n) is 2.23. The SMILES string of the molecule is C[C@@H](N)c1ccc(OC2CC2)cc1. The number of benzene rings is 1. The van der Waals surface area contributed by atoms with Crippen LogP contribution in [0.15, 0.2) is 24.3 Å². The van der Waals surface area contributed by atoms with Crippen LogP contribution in [0, 0.1) is 0 Å². The molecule has 2 rings (SSSR count). The molecule has 0 heterocycles. The number of hydrogen-bond acceptors (Lipinski definition) is 2. The van der Waals surface area contributed by atoms with Gasteiger partial charge in [-0.1, -0.05) is 12.1 Å². The molecule has 0 radical (unpaired) electrons. The van der Waals surface area contributed by atoms with Crippen molar-refractivity contribution in [2.24, 2.45) is 5.73 Å². The molecule has 1 aromatic carbocycles. The molecule has 1 aromatic rings. The van der Waals surface area contributed by atoms with Crippen LogP contribution in [0.3, 0.4) is 0 Å². The quantitative estimate of drug-likeness (QED) is 0.768. The Hall–Kier alpha value is -1.02. The van der Waals surface area contributed by atoms with Crippen LogP contribution in [-0.4, -0.2) is 6.10 Å². The van der Waals surface area contributed by atoms with Crippen LogP contribution in [0.4, 0.5) is 0 Å². The zero-order valence-electron chi connectivity index (χ0n) is 7.86. The third-order valence-corrected chi connectivity index (χ3v) is 2.23. The minimum atomic E-state index is 0.106. The Kier molecular flexibility index (Phi) is 2.23. The smallest absolute Gasteiger partial charge is 0.119 e. The van der Waals surface area contributed by atoms with Crippen LogP contribution >= 0.6 is 0 Å². The summed E-state index contributed by atoms with van der Waals surface area (Å²) >= 11 is 0. The predicted molar refractivity (Wildman–Crippen MR) is 52.7 cm³/mol. The molecule has 0 amide bonds. The molecule has 2 heteroatoms. The van der Waals surface area contributed by atoms with Crippen molar-refractivity contribution in [2.75, 3.05) is 0 Å². The molecule has 1 aliphatic carbocycles. The van der Waals surface area contributed by atoms with Gasteiger partial charge in [-0.3, -0.25) is 0 Å². The van der Waals surface area contributed by atoms with Gasteiger partial charge in [0, 0.05) is 6.04 Å². The van der Waals surface area contributed by atoms with Crippen LogP contribution in [0.25, 0.3) is 0 Å². The topological polar surface area (TPSA) is 35.2 Å². The van der Waals surface area contributed by atoms with Gasteiger partial charge < -0.3 is 10.5 Å². The fraction of sp³-hybridized carbons (Fsp3) is 0.455. The molecule has 13 heavy (non-hydrogen) atoms. The van der Waals surface area contributed by atoms with Gasteiger partial charge in [0.2, 0.25) is 0 Å². The van der Waals surface area contributed by atoms with Crippen molar-refractivity contribution >= 4 is 0 Å². The molecule has 0 unspecified atom stereocenters. The standard InChI is InChI=1S/C11H15NO/c1-8(12)9-2-4-10(5-3-9)13-11-6-7-11/h2-5,8,11H,6-7,12H2,1H3/t8-/m1/s1. The zero-order valence-corrected chi connectivity index (χ0v) is 7.86. The number of hydrogen-bond donors (Lipinski definition) is 1. The van der Waals surface area contributed by atoms with Gasteiger partial charge in [0.05, 0.1) is 6.10 Å². The summed E-state index contributed by atoms with van der Waals surface area (Å²) in [6.45, 7) is 1.98. The van der Waals surface area contributed by atoms with Crippen molar-refractivity contribution in [1.82, 2.24) is 0 Å². The van der Waals surface area contributed by atoms with E-state index in [2.05, 4.69) is 0 Å². The maximum Gasteiger partial charge on any atom is 0.119 e. The van der Waals surface area contributed by atoms with Gasteiger partial charge in [-0.2, -0.15) is 0 Å². The molecule has 0 saturated heterocycles. The molecule has 0 bridgehead atoms. The van der Waals surface area contributed by atoms with E-state index in [-0.39, 0.29) is 6.04 Å². The van der Waals surface area contributed by atoms with Crippen molar-refractivity contribution in [3.63, 3.8) is 0 Å². The molecule has 2 nitrogen and oxygen atoms in total. The molecule has 0 spiro atoms. The highest BCUT2D eigenvalue weighted by molar-refractivity contribution is 5.29. The van der Waals surface area contributed by atoms with E-state index in [1.165, 1.54) is 12.8 Å². The van der Waals surface area contributed by atoms with Crippen LogP contribution in [-0.2, 0) is 0 Å². The Labute approximate surface area is 78.7 Å². The second-order valence-corrected chi connectivity index (χ2v) is 3.67. The van der Waals surface area contributed by atoms with Gasteiger partial charge in [-0.25, -0.2) is 0 Å². The van der Waals surface area contributed by atoms with Crippen LogP contribution in [0.5, 0.6) is 5.75 Å². The molecule has 2 N–H and O–H groups in total. The Morgan fingerprint density at radius 1 is 1.31 bits per heavy atom. The molecule has 70 valence electrons. The van der Waals surface area contributed by atoms with Gasteiger partial charge >= 0.3 is 0 Å². The average molecular weight is 177 g/mol. The fourth-order valence-corrected chi connectivity index (χ4v) is 1.23. The second kappa shape index (κ2) is 3.38. The lowest BCUT2D eigenvalue weighted by Gasteiger charge is -2.07. The summed E-state index contributed by atoms with van der Waals surface area (Å²) in [5.41, 5.74) is 6.89. The van der Waals surface area contributed by atoms with E-state index in [9.17, 15) is 0 Å². The molecule has 1 saturated carbocycles. The molecule has 0 aromatic heterocycles. The van der Waals surface area contributed by atoms with E-state index in [0.29, 0.717) is 6.10 Å². The summed E-state index contributed by atoms with van der Waals surface area (Å²) < 4.78 is 5.62. The first kappa shape index (κ1) is 8.57. The summed E-state index contributed by atoms with van der Waals surface area (Å²) in [6, 6.07) is 8.16. The van der Waals surface area contributed by atoms with Crippen molar-refractivity contribution in [3.8, 4) is 5.75 Å². The maximum atomic E-state index is 5.74. The molecular formula is C11H15NO. The van der Waals surface area contributed by atoms with E-state index in [4.69, 9.17) is 10.5 Å². The first-order valence-electron chi connectivity index (χ1n) is 4.78. The lowest BCUT2D eigenvalue weighted by molar-refractivity contribution is 0.303. The van der Waals surface area contributed by atoms with Gasteiger partial charge in [0.1, 0.15) is 5.75 Å². The summed E-state index contributed by atoms with van der Waals surface area (Å²) in [4.78, 5) is 0. The van der Waals surface area contributed by atoms with E-state index >= 15 is 0 Å². The van der Waals surface area contributed by atoms with Gasteiger partial charge in [0.15, 0.2) is 0 Å². The van der Waals surface area contributed by atoms with Crippen molar-refractivity contribution < 1.29 is 4.74 Å². The summed E-state index contributed by atoms with van der Waals surface area (Å²) in [7, 11) is 0. The van der Waals surface area contributed by atoms with Crippen LogP contribution in [0.2, 0.25) is 0 Å². The summed E-state index contributed by atoms with van der Waals surface area (Å²) in [6.07, 6.45) is 2.88. The predicted octanol–water partition coefficient (Wildman–Crippen LogP) is 2.25. The van der Waals surface area contributed by atoms with Crippen molar-refractivity contribution in [3.05, 3.63) is 29.8 Å². The molecular weight excluding hydrogens is 162 g/mol. The first-order valence-corrected chi connectivity index (χ1v) is 4.78. The minimum absolute atomic E-state index is 0.106. The monoisotopic (exact) mass is 177 g/mol. The zero-order chi connectivity index (χ0) is 9.26. The highest BCUT2D eigenvalue weighted by atomic mass is 16.5. The highest BCUT2D eigenvalue weighted by Gasteiger charge is 2.23. The van der Waals surface area contributed by atoms with E-state index in [1.807, 2.05) is 31.2 Å². The highest BCUT2D eigenvalue weighted by Crippen LogP contribution is 2.27. The van der Waals surface area contributed by atoms with E-state index in [0.717, 1.165) is 11.3 Å². The Morgan fingerprint density at radius 2 is 1.92 bits per heavy atom. The van der Waals surface area contributed by atoms with E-state index < -0.39 is 0 Å². The second-order valence-electron chi connectivity index (χ2n) is 3.67. The summed E-state index contributed by atoms with van der Waals surface area (Å²) in [5, 5.41) is 0. The number of rotatable bonds is 3. The Morgan fingerprint density at radius 3 is 2.38 bits per heavy atom. The molecule has 1 aliphatic rings. The van der Waals surface area contributed by atoms with Crippen LogP contribution in [0.1, 0.15) is 31.4 Å². The van der Waals surface area contributed by atoms with Crippen molar-refractivity contribution in [2.45, 2.75) is 31.9 Å². The molecule has 0 aliphatic heterocycles. The minimum Gasteiger partial charge on any atom is -0.490 e. The lowest BCUT2D eigenvalue weighted by Crippen LogP contribution is -2.04. The fourth-order valence-electron chi connectivity index (χ4n) is 1.23. The third kappa shape index (κ3) is 2.22. The Balaban J connectivity index is 2.04.